The van der Waals surface area contributed by atoms with E-state index in [1.165, 1.54) is 0 Å². The molecule has 2 amide bonds. The molecule has 106 valence electrons. The van der Waals surface area contributed by atoms with Gasteiger partial charge in [-0.2, -0.15) is 0 Å². The molecule has 3 heterocycles. The van der Waals surface area contributed by atoms with E-state index in [2.05, 4.69) is 4.98 Å². The fourth-order valence-electron chi connectivity index (χ4n) is 3.17. The van der Waals surface area contributed by atoms with E-state index in [1.807, 2.05) is 24.0 Å². The van der Waals surface area contributed by atoms with Crippen molar-refractivity contribution in [2.45, 2.75) is 38.3 Å². The molecule has 5 nitrogen and oxygen atoms in total. The van der Waals surface area contributed by atoms with Gasteiger partial charge in [0.2, 0.25) is 11.8 Å². The Morgan fingerprint density at radius 3 is 2.95 bits per heavy atom. The summed E-state index contributed by atoms with van der Waals surface area (Å²) in [7, 11) is 0. The zero-order valence-corrected chi connectivity index (χ0v) is 11.7. The van der Waals surface area contributed by atoms with Crippen molar-refractivity contribution < 1.29 is 9.59 Å². The minimum Gasteiger partial charge on any atom is -0.334 e. The number of hydrogen-bond acceptors (Lipinski definition) is 3. The topological polar surface area (TPSA) is 53.5 Å². The van der Waals surface area contributed by atoms with Gasteiger partial charge in [0.25, 0.3) is 0 Å². The van der Waals surface area contributed by atoms with Gasteiger partial charge in [0, 0.05) is 31.9 Å². The number of amides is 2. The Bertz CT molecular complexity index is 517. The number of carbonyl (C=O) groups excluding carboxylic acids is 2. The van der Waals surface area contributed by atoms with Gasteiger partial charge < -0.3 is 9.80 Å². The highest BCUT2D eigenvalue weighted by Gasteiger charge is 2.40. The second kappa shape index (κ2) is 5.23. The summed E-state index contributed by atoms with van der Waals surface area (Å²) in [5, 5.41) is 0. The summed E-state index contributed by atoms with van der Waals surface area (Å²) in [6.07, 6.45) is 5.66. The van der Waals surface area contributed by atoms with Gasteiger partial charge in [-0.1, -0.05) is 6.07 Å². The number of aromatic nitrogens is 1. The van der Waals surface area contributed by atoms with E-state index in [0.717, 1.165) is 24.9 Å². The van der Waals surface area contributed by atoms with Crippen molar-refractivity contribution in [2.75, 3.05) is 13.1 Å². The van der Waals surface area contributed by atoms with Gasteiger partial charge in [-0.25, -0.2) is 0 Å². The third-order valence-corrected chi connectivity index (χ3v) is 4.34. The molecule has 2 fully saturated rings. The van der Waals surface area contributed by atoms with E-state index in [0.29, 0.717) is 13.0 Å². The second-order valence-electron chi connectivity index (χ2n) is 5.49. The Balaban J connectivity index is 1.86. The Labute approximate surface area is 118 Å². The lowest BCUT2D eigenvalue weighted by atomic mass is 10.1. The smallest absolute Gasteiger partial charge is 0.245 e. The van der Waals surface area contributed by atoms with Gasteiger partial charge in [0.05, 0.1) is 6.04 Å². The van der Waals surface area contributed by atoms with Crippen LogP contribution in [-0.2, 0) is 9.59 Å². The zero-order chi connectivity index (χ0) is 14.1. The molecular formula is C15H19N3O2. The molecule has 0 N–H and O–H groups in total. The predicted molar refractivity (Wildman–Crippen MR) is 73.7 cm³/mol. The van der Waals surface area contributed by atoms with Crippen molar-refractivity contribution in [1.29, 1.82) is 0 Å². The van der Waals surface area contributed by atoms with Crippen LogP contribution in [-0.4, -0.2) is 45.7 Å². The average molecular weight is 273 g/mol. The first-order valence-electron chi connectivity index (χ1n) is 7.18. The number of nitrogens with zero attached hydrogens (tertiary/aromatic N) is 3. The molecule has 5 heteroatoms. The molecule has 1 aromatic rings. The standard InChI is InChI=1S/C15H19N3O2/c1-11(12-4-2-7-16-10-12)17-9-6-14(19)18-8-3-5-13(18)15(17)20/h2,4,7,10-11,13H,3,5-6,8-9H2,1H3. The first-order valence-corrected chi connectivity index (χ1v) is 7.18. The number of pyridine rings is 1. The molecule has 0 spiro atoms. The van der Waals surface area contributed by atoms with Gasteiger partial charge in [0.15, 0.2) is 0 Å². The van der Waals surface area contributed by atoms with Gasteiger partial charge >= 0.3 is 0 Å². The summed E-state index contributed by atoms with van der Waals surface area (Å²) >= 11 is 0. The van der Waals surface area contributed by atoms with Crippen molar-refractivity contribution in [3.63, 3.8) is 0 Å². The van der Waals surface area contributed by atoms with E-state index < -0.39 is 0 Å². The highest BCUT2D eigenvalue weighted by molar-refractivity contribution is 5.90. The number of hydrogen-bond donors (Lipinski definition) is 0. The van der Waals surface area contributed by atoms with E-state index >= 15 is 0 Å². The minimum atomic E-state index is -0.246. The maximum absolute atomic E-state index is 12.7. The largest absolute Gasteiger partial charge is 0.334 e. The molecule has 2 aliphatic rings. The van der Waals surface area contributed by atoms with Crippen molar-refractivity contribution in [1.82, 2.24) is 14.8 Å². The third kappa shape index (κ3) is 2.17. The molecule has 2 unspecified atom stereocenters. The monoisotopic (exact) mass is 273 g/mol. The lowest BCUT2D eigenvalue weighted by Gasteiger charge is -2.30. The summed E-state index contributed by atoms with van der Waals surface area (Å²) in [4.78, 5) is 32.5. The van der Waals surface area contributed by atoms with Gasteiger partial charge in [-0.05, 0) is 31.4 Å². The summed E-state index contributed by atoms with van der Waals surface area (Å²) in [5.74, 6) is 0.200. The predicted octanol–water partition coefficient (Wildman–Crippen LogP) is 1.37. The van der Waals surface area contributed by atoms with Crippen molar-refractivity contribution >= 4 is 11.8 Å². The molecule has 0 aliphatic carbocycles. The van der Waals surface area contributed by atoms with Crippen LogP contribution in [0.25, 0.3) is 0 Å². The SMILES string of the molecule is CC(c1cccnc1)N1CCC(=O)N2CCCC2C1=O. The maximum atomic E-state index is 12.7. The molecule has 20 heavy (non-hydrogen) atoms. The summed E-state index contributed by atoms with van der Waals surface area (Å²) < 4.78 is 0. The summed E-state index contributed by atoms with van der Waals surface area (Å²) in [6, 6.07) is 3.57. The maximum Gasteiger partial charge on any atom is 0.245 e. The van der Waals surface area contributed by atoms with Crippen LogP contribution in [0.1, 0.15) is 37.8 Å². The molecule has 2 atom stereocenters. The third-order valence-electron chi connectivity index (χ3n) is 4.34. The fraction of sp³-hybridized carbons (Fsp3) is 0.533. The Morgan fingerprint density at radius 2 is 2.20 bits per heavy atom. The van der Waals surface area contributed by atoms with Crippen molar-refractivity contribution in [3.8, 4) is 0 Å². The van der Waals surface area contributed by atoms with Crippen molar-refractivity contribution in [2.24, 2.45) is 0 Å². The lowest BCUT2D eigenvalue weighted by Crippen LogP contribution is -2.44. The number of rotatable bonds is 2. The normalized spacial score (nSPS) is 24.6. The van der Waals surface area contributed by atoms with Crippen LogP contribution in [0.3, 0.4) is 0 Å². The summed E-state index contributed by atoms with van der Waals surface area (Å²) in [6.45, 7) is 3.23. The molecule has 0 aromatic carbocycles. The van der Waals surface area contributed by atoms with Crippen LogP contribution >= 0.6 is 0 Å². The molecule has 3 rings (SSSR count). The summed E-state index contributed by atoms with van der Waals surface area (Å²) in [5.41, 5.74) is 1.01. The minimum absolute atomic E-state index is 0.0375. The Hall–Kier alpha value is -1.91. The van der Waals surface area contributed by atoms with Gasteiger partial charge in [0.1, 0.15) is 6.04 Å². The van der Waals surface area contributed by atoms with Crippen LogP contribution in [0.4, 0.5) is 0 Å². The first kappa shape index (κ1) is 13.1. The Morgan fingerprint density at radius 1 is 1.35 bits per heavy atom. The number of carbonyl (C=O) groups is 2. The molecule has 1 aromatic heterocycles. The second-order valence-corrected chi connectivity index (χ2v) is 5.49. The van der Waals surface area contributed by atoms with E-state index in [4.69, 9.17) is 0 Å². The van der Waals surface area contributed by atoms with Crippen LogP contribution in [0, 0.1) is 0 Å². The van der Waals surface area contributed by atoms with E-state index in [-0.39, 0.29) is 23.9 Å². The van der Waals surface area contributed by atoms with E-state index in [9.17, 15) is 9.59 Å². The van der Waals surface area contributed by atoms with E-state index in [1.54, 1.807) is 17.3 Å². The average Bonchev–Trinajstić information content (AvgIpc) is 2.93. The molecule has 0 radical (unpaired) electrons. The Kier molecular flexibility index (Phi) is 3.42. The van der Waals surface area contributed by atoms with Gasteiger partial charge in [-0.3, -0.25) is 14.6 Å². The molecule has 0 bridgehead atoms. The van der Waals surface area contributed by atoms with Crippen LogP contribution in [0.5, 0.6) is 0 Å². The highest BCUT2D eigenvalue weighted by Crippen LogP contribution is 2.28. The molecule has 0 saturated carbocycles. The highest BCUT2D eigenvalue weighted by atomic mass is 16.2. The van der Waals surface area contributed by atoms with Crippen LogP contribution < -0.4 is 0 Å². The zero-order valence-electron chi connectivity index (χ0n) is 11.7. The quantitative estimate of drug-likeness (QED) is 0.817. The van der Waals surface area contributed by atoms with Crippen LogP contribution in [0.2, 0.25) is 0 Å². The fourth-order valence-corrected chi connectivity index (χ4v) is 3.17. The molecular weight excluding hydrogens is 254 g/mol. The van der Waals surface area contributed by atoms with Crippen LogP contribution in [0.15, 0.2) is 24.5 Å². The van der Waals surface area contributed by atoms with Gasteiger partial charge in [-0.15, -0.1) is 0 Å². The number of fused-ring (bicyclic) bond motifs is 1. The molecule has 2 aliphatic heterocycles. The van der Waals surface area contributed by atoms with Crippen molar-refractivity contribution in [3.05, 3.63) is 30.1 Å². The molecule has 2 saturated heterocycles. The lowest BCUT2D eigenvalue weighted by molar-refractivity contribution is -0.140. The first-order chi connectivity index (χ1) is 9.68.